The lowest BCUT2D eigenvalue weighted by Crippen LogP contribution is -2.42. The van der Waals surface area contributed by atoms with E-state index in [-0.39, 0.29) is 6.42 Å². The molecule has 0 aromatic heterocycles. The van der Waals surface area contributed by atoms with Crippen molar-refractivity contribution in [2.45, 2.75) is 12.5 Å². The number of carboxylic acids is 1. The first-order valence-corrected chi connectivity index (χ1v) is 9.50. The first-order valence-electron chi connectivity index (χ1n) is 9.50. The first-order chi connectivity index (χ1) is 14.6. The molecule has 4 aromatic carbocycles. The molecular formula is C25H18N2O3. The molecule has 0 saturated carbocycles. The third-order valence-corrected chi connectivity index (χ3v) is 5.12. The minimum Gasteiger partial charge on any atom is -0.480 e. The predicted molar refractivity (Wildman–Crippen MR) is 115 cm³/mol. The van der Waals surface area contributed by atoms with E-state index in [1.807, 2.05) is 60.7 Å². The Bertz CT molecular complexity index is 1250. The Morgan fingerprint density at radius 3 is 2.00 bits per heavy atom. The number of carbonyl (C=O) groups is 2. The van der Waals surface area contributed by atoms with Crippen LogP contribution in [0.3, 0.4) is 0 Å². The van der Waals surface area contributed by atoms with Crippen molar-refractivity contribution >= 4 is 33.4 Å². The van der Waals surface area contributed by atoms with Crippen molar-refractivity contribution < 1.29 is 14.7 Å². The van der Waals surface area contributed by atoms with Gasteiger partial charge in [-0.25, -0.2) is 4.79 Å². The summed E-state index contributed by atoms with van der Waals surface area (Å²) >= 11 is 0. The van der Waals surface area contributed by atoms with Gasteiger partial charge in [-0.05, 0) is 45.3 Å². The van der Waals surface area contributed by atoms with Crippen molar-refractivity contribution in [2.75, 3.05) is 0 Å². The fourth-order valence-corrected chi connectivity index (χ4v) is 3.64. The van der Waals surface area contributed by atoms with Crippen LogP contribution in [0.5, 0.6) is 0 Å². The molecule has 0 fully saturated rings. The number of amides is 1. The van der Waals surface area contributed by atoms with E-state index in [2.05, 4.69) is 5.32 Å². The average Bonchev–Trinajstić information content (AvgIpc) is 2.77. The molecule has 146 valence electrons. The second kappa shape index (κ2) is 8.06. The Balaban J connectivity index is 1.71. The summed E-state index contributed by atoms with van der Waals surface area (Å²) in [6.07, 6.45) is 0.121. The lowest BCUT2D eigenvalue weighted by atomic mass is 9.95. The van der Waals surface area contributed by atoms with Crippen LogP contribution in [-0.4, -0.2) is 23.0 Å². The van der Waals surface area contributed by atoms with Crippen LogP contribution in [-0.2, 0) is 11.2 Å². The molecule has 4 rings (SSSR count). The van der Waals surface area contributed by atoms with Gasteiger partial charge in [0.1, 0.15) is 6.04 Å². The monoisotopic (exact) mass is 394 g/mol. The zero-order valence-electron chi connectivity index (χ0n) is 16.0. The molecule has 0 unspecified atom stereocenters. The molecule has 1 amide bonds. The Labute approximate surface area is 173 Å². The lowest BCUT2D eigenvalue weighted by molar-refractivity contribution is -0.139. The van der Waals surface area contributed by atoms with E-state index >= 15 is 0 Å². The van der Waals surface area contributed by atoms with Gasteiger partial charge in [0, 0.05) is 6.42 Å². The largest absolute Gasteiger partial charge is 0.480 e. The van der Waals surface area contributed by atoms with E-state index in [1.54, 1.807) is 24.3 Å². The minimum absolute atomic E-state index is 0.121. The number of nitrogens with zero attached hydrogens (tertiary/aromatic N) is 1. The number of nitrogens with one attached hydrogen (secondary N) is 1. The smallest absolute Gasteiger partial charge is 0.326 e. The Morgan fingerprint density at radius 2 is 1.47 bits per heavy atom. The average molecular weight is 394 g/mol. The summed E-state index contributed by atoms with van der Waals surface area (Å²) in [5.74, 6) is -1.54. The predicted octanol–water partition coefficient (Wildman–Crippen LogP) is 4.29. The molecular weight excluding hydrogens is 376 g/mol. The summed E-state index contributed by atoms with van der Waals surface area (Å²) < 4.78 is 0. The fourth-order valence-electron chi connectivity index (χ4n) is 3.64. The number of fused-ring (bicyclic) bond motifs is 2. The van der Waals surface area contributed by atoms with Gasteiger partial charge >= 0.3 is 5.97 Å². The summed E-state index contributed by atoms with van der Waals surface area (Å²) in [6, 6.07) is 24.8. The highest BCUT2D eigenvalue weighted by atomic mass is 16.4. The van der Waals surface area contributed by atoms with Crippen LogP contribution < -0.4 is 5.32 Å². The Morgan fingerprint density at radius 1 is 0.900 bits per heavy atom. The van der Waals surface area contributed by atoms with E-state index < -0.39 is 17.9 Å². The van der Waals surface area contributed by atoms with Crippen LogP contribution in [0.25, 0.3) is 21.5 Å². The van der Waals surface area contributed by atoms with E-state index in [0.29, 0.717) is 11.1 Å². The van der Waals surface area contributed by atoms with Crippen LogP contribution in [0.4, 0.5) is 0 Å². The quantitative estimate of drug-likeness (QED) is 0.494. The molecule has 0 radical (unpaired) electrons. The Hall–Kier alpha value is -4.17. The number of benzene rings is 4. The number of hydrogen-bond acceptors (Lipinski definition) is 3. The first kappa shape index (κ1) is 19.2. The summed E-state index contributed by atoms with van der Waals surface area (Å²) in [4.78, 5) is 25.1. The number of nitriles is 1. The van der Waals surface area contributed by atoms with Crippen molar-refractivity contribution in [3.8, 4) is 6.07 Å². The van der Waals surface area contributed by atoms with Gasteiger partial charge in [0.05, 0.1) is 17.2 Å². The zero-order chi connectivity index (χ0) is 21.1. The standard InChI is InChI=1S/C25H18N2O3/c26-15-17-11-9-16(10-12-17)13-22(25(29)30)27-24(28)23-20-7-3-1-5-18(20)14-19-6-2-4-8-21(19)23/h1-12,14,22H,13H2,(H,27,28)(H,29,30)/t22-/m1/s1. The second-order valence-corrected chi connectivity index (χ2v) is 7.07. The number of rotatable bonds is 5. The summed E-state index contributed by atoms with van der Waals surface area (Å²) in [6.45, 7) is 0. The van der Waals surface area contributed by atoms with Gasteiger partial charge in [-0.1, -0.05) is 60.7 Å². The summed E-state index contributed by atoms with van der Waals surface area (Å²) in [5.41, 5.74) is 1.69. The SMILES string of the molecule is N#Cc1ccc(C[C@@H](NC(=O)c2c3ccccc3cc3ccccc23)C(=O)O)cc1. The minimum atomic E-state index is -1.11. The van der Waals surface area contributed by atoms with Crippen molar-refractivity contribution in [3.63, 3.8) is 0 Å². The molecule has 5 nitrogen and oxygen atoms in total. The number of aliphatic carboxylic acids is 1. The maximum atomic E-state index is 13.3. The topological polar surface area (TPSA) is 90.2 Å². The second-order valence-electron chi connectivity index (χ2n) is 7.07. The third-order valence-electron chi connectivity index (χ3n) is 5.12. The molecule has 1 atom stereocenters. The fraction of sp³-hybridized carbons (Fsp3) is 0.0800. The number of carboxylic acid groups (broad SMARTS) is 1. The van der Waals surface area contributed by atoms with Crippen LogP contribution in [0, 0.1) is 11.3 Å². The Kier molecular flexibility index (Phi) is 5.15. The molecule has 4 aromatic rings. The highest BCUT2D eigenvalue weighted by Crippen LogP contribution is 2.28. The maximum absolute atomic E-state index is 13.3. The molecule has 2 N–H and O–H groups in total. The molecule has 0 aliphatic heterocycles. The van der Waals surface area contributed by atoms with Crippen LogP contribution in [0.15, 0.2) is 78.9 Å². The van der Waals surface area contributed by atoms with E-state index in [4.69, 9.17) is 5.26 Å². The normalized spacial score (nSPS) is 11.7. The van der Waals surface area contributed by atoms with Crippen molar-refractivity contribution in [3.05, 3.63) is 95.6 Å². The van der Waals surface area contributed by atoms with Gasteiger partial charge in [0.25, 0.3) is 5.91 Å². The third kappa shape index (κ3) is 3.71. The number of carbonyl (C=O) groups excluding carboxylic acids is 1. The number of hydrogen-bond donors (Lipinski definition) is 2. The van der Waals surface area contributed by atoms with Crippen LogP contribution in [0.1, 0.15) is 21.5 Å². The van der Waals surface area contributed by atoms with Crippen LogP contribution in [0.2, 0.25) is 0 Å². The van der Waals surface area contributed by atoms with Crippen LogP contribution >= 0.6 is 0 Å². The van der Waals surface area contributed by atoms with E-state index in [9.17, 15) is 14.7 Å². The highest BCUT2D eigenvalue weighted by Gasteiger charge is 2.23. The van der Waals surface area contributed by atoms with Gasteiger partial charge in [0.15, 0.2) is 0 Å². The molecule has 0 aliphatic rings. The van der Waals surface area contributed by atoms with Crippen molar-refractivity contribution in [1.29, 1.82) is 5.26 Å². The van der Waals surface area contributed by atoms with E-state index in [1.165, 1.54) is 0 Å². The van der Waals surface area contributed by atoms with Gasteiger partial charge in [-0.2, -0.15) is 5.26 Å². The molecule has 0 bridgehead atoms. The zero-order valence-corrected chi connectivity index (χ0v) is 16.0. The van der Waals surface area contributed by atoms with Gasteiger partial charge in [0.2, 0.25) is 0 Å². The van der Waals surface area contributed by atoms with Crippen molar-refractivity contribution in [2.24, 2.45) is 0 Å². The molecule has 5 heteroatoms. The summed E-state index contributed by atoms with van der Waals surface area (Å²) in [7, 11) is 0. The van der Waals surface area contributed by atoms with Gasteiger partial charge < -0.3 is 10.4 Å². The summed E-state index contributed by atoms with van der Waals surface area (Å²) in [5, 5.41) is 24.7. The van der Waals surface area contributed by atoms with Gasteiger partial charge in [-0.15, -0.1) is 0 Å². The lowest BCUT2D eigenvalue weighted by Gasteiger charge is -2.17. The molecule has 0 spiro atoms. The molecule has 30 heavy (non-hydrogen) atoms. The molecule has 0 aliphatic carbocycles. The van der Waals surface area contributed by atoms with Crippen molar-refractivity contribution in [1.82, 2.24) is 5.32 Å². The maximum Gasteiger partial charge on any atom is 0.326 e. The molecule has 0 heterocycles. The highest BCUT2D eigenvalue weighted by molar-refractivity contribution is 6.18. The van der Waals surface area contributed by atoms with E-state index in [0.717, 1.165) is 27.1 Å². The molecule has 0 saturated heterocycles. The van der Waals surface area contributed by atoms with Gasteiger partial charge in [-0.3, -0.25) is 4.79 Å².